The highest BCUT2D eigenvalue weighted by molar-refractivity contribution is 5.79. The molecule has 186 valence electrons. The van der Waals surface area contributed by atoms with Crippen LogP contribution in [0.4, 0.5) is 4.79 Å². The molecule has 1 saturated carbocycles. The zero-order valence-electron chi connectivity index (χ0n) is 20.5. The molecular formula is C28H34N2O5. The maximum atomic E-state index is 12.4. The van der Waals surface area contributed by atoms with Crippen LogP contribution in [0.5, 0.6) is 0 Å². The van der Waals surface area contributed by atoms with Crippen molar-refractivity contribution in [2.24, 2.45) is 17.8 Å². The average molecular weight is 479 g/mol. The fourth-order valence-electron chi connectivity index (χ4n) is 5.57. The minimum Gasteiger partial charge on any atom is -0.481 e. The number of nitrogens with one attached hydrogen (secondary N) is 2. The summed E-state index contributed by atoms with van der Waals surface area (Å²) >= 11 is 0. The highest BCUT2D eigenvalue weighted by atomic mass is 16.5. The number of ether oxygens (including phenoxy) is 1. The predicted octanol–water partition coefficient (Wildman–Crippen LogP) is 4.56. The monoisotopic (exact) mass is 478 g/mol. The predicted molar refractivity (Wildman–Crippen MR) is 133 cm³/mol. The van der Waals surface area contributed by atoms with Crippen LogP contribution in [0.15, 0.2) is 48.5 Å². The molecule has 2 atom stereocenters. The minimum atomic E-state index is -0.899. The fraction of sp³-hybridized carbons (Fsp3) is 0.464. The lowest BCUT2D eigenvalue weighted by Crippen LogP contribution is -2.48. The molecule has 2 aromatic rings. The van der Waals surface area contributed by atoms with Gasteiger partial charge in [0.15, 0.2) is 0 Å². The molecule has 4 rings (SSSR count). The van der Waals surface area contributed by atoms with E-state index in [0.29, 0.717) is 19.3 Å². The standard InChI is InChI=1S/C28H34N2O5/c1-16(2)26(27(32)33)17(3)29-25(31)14-18-12-19(13-18)30-28(34)35-15-24-22-10-6-4-8-20(22)21-9-5-7-11-23(21)24/h4-11,16-19,24,26H,12-15H2,1-3H3,(H,29,31)(H,30,34)(H,32,33). The first-order valence-electron chi connectivity index (χ1n) is 12.4. The Morgan fingerprint density at radius 1 is 0.971 bits per heavy atom. The van der Waals surface area contributed by atoms with Crippen molar-refractivity contribution in [1.82, 2.24) is 10.6 Å². The Morgan fingerprint density at radius 3 is 2.09 bits per heavy atom. The molecule has 0 radical (unpaired) electrons. The van der Waals surface area contributed by atoms with Gasteiger partial charge < -0.3 is 20.5 Å². The van der Waals surface area contributed by atoms with E-state index in [-0.39, 0.29) is 36.3 Å². The Bertz CT molecular complexity index is 1050. The summed E-state index contributed by atoms with van der Waals surface area (Å²) in [5, 5.41) is 15.1. The van der Waals surface area contributed by atoms with Crippen molar-refractivity contribution in [2.45, 2.75) is 58.0 Å². The molecule has 2 aliphatic carbocycles. The van der Waals surface area contributed by atoms with Crippen molar-refractivity contribution >= 4 is 18.0 Å². The highest BCUT2D eigenvalue weighted by Gasteiger charge is 2.35. The normalized spacial score (nSPS) is 20.2. The molecule has 3 N–H and O–H groups in total. The molecule has 2 amide bonds. The van der Waals surface area contributed by atoms with Crippen molar-refractivity contribution < 1.29 is 24.2 Å². The molecule has 0 aliphatic heterocycles. The zero-order chi connectivity index (χ0) is 25.1. The summed E-state index contributed by atoms with van der Waals surface area (Å²) < 4.78 is 5.60. The number of carbonyl (C=O) groups is 3. The first kappa shape index (κ1) is 24.8. The number of carbonyl (C=O) groups excluding carboxylic acids is 2. The Hall–Kier alpha value is -3.35. The molecule has 0 aromatic heterocycles. The minimum absolute atomic E-state index is 0.0108. The average Bonchev–Trinajstić information content (AvgIpc) is 3.09. The number of hydrogen-bond donors (Lipinski definition) is 3. The van der Waals surface area contributed by atoms with Gasteiger partial charge >= 0.3 is 12.1 Å². The van der Waals surface area contributed by atoms with E-state index in [1.165, 1.54) is 22.3 Å². The van der Waals surface area contributed by atoms with Gasteiger partial charge in [-0.2, -0.15) is 0 Å². The number of benzene rings is 2. The van der Waals surface area contributed by atoms with E-state index in [0.717, 1.165) is 0 Å². The van der Waals surface area contributed by atoms with Gasteiger partial charge in [0.2, 0.25) is 5.91 Å². The maximum Gasteiger partial charge on any atom is 0.407 e. The van der Waals surface area contributed by atoms with Gasteiger partial charge in [-0.3, -0.25) is 9.59 Å². The lowest BCUT2D eigenvalue weighted by Gasteiger charge is -2.35. The number of fused-ring (bicyclic) bond motifs is 3. The SMILES string of the molecule is CC(C)C(C(=O)O)C(C)NC(=O)CC1CC(NC(=O)OCC2c3ccccc3-c3ccccc32)C1. The Labute approximate surface area is 206 Å². The number of amides is 2. The third-order valence-electron chi connectivity index (χ3n) is 7.31. The summed E-state index contributed by atoms with van der Waals surface area (Å²) in [5.41, 5.74) is 4.73. The van der Waals surface area contributed by atoms with Gasteiger partial charge in [0.1, 0.15) is 6.61 Å². The summed E-state index contributed by atoms with van der Waals surface area (Å²) in [7, 11) is 0. The third-order valence-corrected chi connectivity index (χ3v) is 7.31. The molecular weight excluding hydrogens is 444 g/mol. The molecule has 0 spiro atoms. The van der Waals surface area contributed by atoms with Gasteiger partial charge in [-0.25, -0.2) is 4.79 Å². The zero-order valence-corrected chi connectivity index (χ0v) is 20.5. The molecule has 0 heterocycles. The van der Waals surface area contributed by atoms with Crippen molar-refractivity contribution in [3.05, 3.63) is 59.7 Å². The third kappa shape index (κ3) is 5.50. The Kier molecular flexibility index (Phi) is 7.43. The number of alkyl carbamates (subject to hydrolysis) is 1. The van der Waals surface area contributed by atoms with E-state index in [2.05, 4.69) is 34.9 Å². The van der Waals surface area contributed by atoms with Crippen LogP contribution in [0, 0.1) is 17.8 Å². The number of carboxylic acid groups (broad SMARTS) is 1. The Balaban J connectivity index is 1.20. The van der Waals surface area contributed by atoms with Gasteiger partial charge in [0, 0.05) is 24.4 Å². The second-order valence-electron chi connectivity index (χ2n) is 10.2. The topological polar surface area (TPSA) is 105 Å². The quantitative estimate of drug-likeness (QED) is 0.490. The van der Waals surface area contributed by atoms with Crippen LogP contribution in [-0.4, -0.2) is 41.8 Å². The first-order valence-corrected chi connectivity index (χ1v) is 12.4. The van der Waals surface area contributed by atoms with E-state index >= 15 is 0 Å². The number of rotatable bonds is 9. The number of hydrogen-bond acceptors (Lipinski definition) is 4. The molecule has 2 unspecified atom stereocenters. The smallest absolute Gasteiger partial charge is 0.407 e. The second kappa shape index (κ2) is 10.5. The van der Waals surface area contributed by atoms with Crippen LogP contribution in [0.2, 0.25) is 0 Å². The maximum absolute atomic E-state index is 12.4. The van der Waals surface area contributed by atoms with E-state index in [9.17, 15) is 19.5 Å². The molecule has 7 heteroatoms. The van der Waals surface area contributed by atoms with Gasteiger partial charge in [-0.15, -0.1) is 0 Å². The fourth-order valence-corrected chi connectivity index (χ4v) is 5.57. The van der Waals surface area contributed by atoms with Crippen LogP contribution in [0.3, 0.4) is 0 Å². The highest BCUT2D eigenvalue weighted by Crippen LogP contribution is 2.44. The Morgan fingerprint density at radius 2 is 1.54 bits per heavy atom. The van der Waals surface area contributed by atoms with Gasteiger partial charge in [0.05, 0.1) is 5.92 Å². The molecule has 1 fully saturated rings. The van der Waals surface area contributed by atoms with Crippen LogP contribution < -0.4 is 10.6 Å². The van der Waals surface area contributed by atoms with Crippen LogP contribution in [0.1, 0.15) is 57.1 Å². The summed E-state index contributed by atoms with van der Waals surface area (Å²) in [5.74, 6) is -1.55. The van der Waals surface area contributed by atoms with Crippen LogP contribution in [-0.2, 0) is 14.3 Å². The van der Waals surface area contributed by atoms with E-state index in [4.69, 9.17) is 4.74 Å². The number of carboxylic acids is 1. The van der Waals surface area contributed by atoms with E-state index in [1.54, 1.807) is 6.92 Å². The van der Waals surface area contributed by atoms with Crippen molar-refractivity contribution in [3.63, 3.8) is 0 Å². The van der Waals surface area contributed by atoms with E-state index in [1.807, 2.05) is 38.1 Å². The molecule has 2 aromatic carbocycles. The molecule has 35 heavy (non-hydrogen) atoms. The largest absolute Gasteiger partial charge is 0.481 e. The lowest BCUT2D eigenvalue weighted by atomic mass is 9.78. The van der Waals surface area contributed by atoms with Gasteiger partial charge in [0.25, 0.3) is 0 Å². The first-order chi connectivity index (χ1) is 16.7. The second-order valence-corrected chi connectivity index (χ2v) is 10.2. The van der Waals surface area contributed by atoms with Gasteiger partial charge in [-0.1, -0.05) is 62.4 Å². The summed E-state index contributed by atoms with van der Waals surface area (Å²) in [6.07, 6.45) is 1.31. The summed E-state index contributed by atoms with van der Waals surface area (Å²) in [6, 6.07) is 16.0. The molecule has 0 bridgehead atoms. The summed E-state index contributed by atoms with van der Waals surface area (Å²) in [6.45, 7) is 5.69. The van der Waals surface area contributed by atoms with Crippen molar-refractivity contribution in [1.29, 1.82) is 0 Å². The lowest BCUT2D eigenvalue weighted by molar-refractivity contribution is -0.144. The van der Waals surface area contributed by atoms with Crippen LogP contribution in [0.25, 0.3) is 11.1 Å². The molecule has 2 aliphatic rings. The number of aliphatic carboxylic acids is 1. The summed E-state index contributed by atoms with van der Waals surface area (Å²) in [4.78, 5) is 36.3. The van der Waals surface area contributed by atoms with E-state index < -0.39 is 24.0 Å². The van der Waals surface area contributed by atoms with Gasteiger partial charge in [-0.05, 0) is 53.9 Å². The van der Waals surface area contributed by atoms with Crippen molar-refractivity contribution in [2.75, 3.05) is 6.61 Å². The van der Waals surface area contributed by atoms with Crippen molar-refractivity contribution in [3.8, 4) is 11.1 Å². The molecule has 7 nitrogen and oxygen atoms in total. The molecule has 0 saturated heterocycles. The van der Waals surface area contributed by atoms with Crippen LogP contribution >= 0.6 is 0 Å².